The second-order valence-electron chi connectivity index (χ2n) is 2.19. The molecule has 0 fully saturated rings. The van der Waals surface area contributed by atoms with Crippen LogP contribution in [-0.4, -0.2) is 29.3 Å². The molecule has 5 heteroatoms. The van der Waals surface area contributed by atoms with Crippen molar-refractivity contribution in [3.05, 3.63) is 24.0 Å². The Morgan fingerprint density at radius 3 is 3.08 bits per heavy atom. The van der Waals surface area contributed by atoms with E-state index < -0.39 is 12.6 Å². The Labute approximate surface area is 74.0 Å². The second-order valence-corrected chi connectivity index (χ2v) is 2.19. The van der Waals surface area contributed by atoms with Crippen LogP contribution in [0.5, 0.6) is 5.75 Å². The Morgan fingerprint density at radius 1 is 1.69 bits per heavy atom. The number of carboxylic acid groups (broad SMARTS) is 1. The SMILES string of the molecule is O=C(O)c1ncccc1OCCF. The van der Waals surface area contributed by atoms with Gasteiger partial charge in [-0.3, -0.25) is 0 Å². The van der Waals surface area contributed by atoms with Crippen LogP contribution in [0.2, 0.25) is 0 Å². The van der Waals surface area contributed by atoms with Gasteiger partial charge in [0.1, 0.15) is 13.3 Å². The molecule has 0 aromatic carbocycles. The number of hydrogen-bond acceptors (Lipinski definition) is 3. The van der Waals surface area contributed by atoms with E-state index in [9.17, 15) is 9.18 Å². The number of nitrogens with zero attached hydrogens (tertiary/aromatic N) is 1. The smallest absolute Gasteiger partial charge is 0.358 e. The standard InChI is InChI=1S/C8H8FNO3/c9-3-5-13-6-2-1-4-10-7(6)8(11)12/h1-2,4H,3,5H2,(H,11,12). The van der Waals surface area contributed by atoms with Crippen LogP contribution in [0.25, 0.3) is 0 Å². The third kappa shape index (κ3) is 2.40. The molecule has 0 atom stereocenters. The molecule has 4 nitrogen and oxygen atoms in total. The summed E-state index contributed by atoms with van der Waals surface area (Å²) in [5.74, 6) is -1.10. The Bertz CT molecular complexity index is 303. The van der Waals surface area contributed by atoms with Gasteiger partial charge < -0.3 is 9.84 Å². The van der Waals surface area contributed by atoms with E-state index in [4.69, 9.17) is 9.84 Å². The zero-order valence-electron chi connectivity index (χ0n) is 6.74. The summed E-state index contributed by atoms with van der Waals surface area (Å²) >= 11 is 0. The first-order chi connectivity index (χ1) is 6.25. The van der Waals surface area contributed by atoms with Crippen LogP contribution in [0.1, 0.15) is 10.5 Å². The Hall–Kier alpha value is -1.65. The van der Waals surface area contributed by atoms with E-state index in [0.29, 0.717) is 0 Å². The third-order valence-electron chi connectivity index (χ3n) is 1.31. The summed E-state index contributed by atoms with van der Waals surface area (Å²) in [6, 6.07) is 2.96. The van der Waals surface area contributed by atoms with Gasteiger partial charge in [0.05, 0.1) is 0 Å². The Morgan fingerprint density at radius 2 is 2.46 bits per heavy atom. The Kier molecular flexibility index (Phi) is 3.19. The molecule has 0 saturated carbocycles. The minimum atomic E-state index is -1.19. The number of hydrogen-bond donors (Lipinski definition) is 1. The monoisotopic (exact) mass is 185 g/mol. The zero-order chi connectivity index (χ0) is 9.68. The fourth-order valence-electron chi connectivity index (χ4n) is 0.816. The van der Waals surface area contributed by atoms with Crippen LogP contribution in [0.4, 0.5) is 4.39 Å². The maximum absolute atomic E-state index is 11.7. The fraction of sp³-hybridized carbons (Fsp3) is 0.250. The number of rotatable bonds is 4. The van der Waals surface area contributed by atoms with Crippen LogP contribution < -0.4 is 4.74 Å². The molecule has 0 aliphatic heterocycles. The molecule has 0 unspecified atom stereocenters. The minimum absolute atomic E-state index is 0.0904. The average Bonchev–Trinajstić information content (AvgIpc) is 2.15. The fourth-order valence-corrected chi connectivity index (χ4v) is 0.816. The van der Waals surface area contributed by atoms with Crippen molar-refractivity contribution in [3.8, 4) is 5.75 Å². The van der Waals surface area contributed by atoms with E-state index in [0.717, 1.165) is 0 Å². The van der Waals surface area contributed by atoms with E-state index in [1.54, 1.807) is 0 Å². The lowest BCUT2D eigenvalue weighted by atomic mass is 10.3. The molecule has 1 aromatic rings. The first-order valence-corrected chi connectivity index (χ1v) is 3.62. The van der Waals surface area contributed by atoms with Crippen LogP contribution in [0, 0.1) is 0 Å². The van der Waals surface area contributed by atoms with E-state index in [-0.39, 0.29) is 18.1 Å². The van der Waals surface area contributed by atoms with E-state index in [2.05, 4.69) is 4.98 Å². The maximum Gasteiger partial charge on any atom is 0.358 e. The summed E-state index contributed by atoms with van der Waals surface area (Å²) in [6.07, 6.45) is 1.34. The molecule has 0 aliphatic carbocycles. The topological polar surface area (TPSA) is 59.4 Å². The van der Waals surface area contributed by atoms with Gasteiger partial charge in [0.25, 0.3) is 0 Å². The summed E-state index contributed by atoms with van der Waals surface area (Å²) in [5, 5.41) is 8.63. The molecule has 1 N–H and O–H groups in total. The van der Waals surface area contributed by atoms with Gasteiger partial charge >= 0.3 is 5.97 Å². The lowest BCUT2D eigenvalue weighted by Crippen LogP contribution is -2.07. The zero-order valence-corrected chi connectivity index (χ0v) is 6.74. The van der Waals surface area contributed by atoms with Crippen molar-refractivity contribution in [2.45, 2.75) is 0 Å². The molecule has 1 aromatic heterocycles. The number of aromatic carboxylic acids is 1. The highest BCUT2D eigenvalue weighted by molar-refractivity contribution is 5.88. The van der Waals surface area contributed by atoms with E-state index in [1.165, 1.54) is 18.3 Å². The average molecular weight is 185 g/mol. The normalized spacial score (nSPS) is 9.62. The van der Waals surface area contributed by atoms with Gasteiger partial charge in [-0.2, -0.15) is 0 Å². The molecule has 1 rings (SSSR count). The molecule has 0 spiro atoms. The third-order valence-corrected chi connectivity index (χ3v) is 1.31. The molecule has 0 bridgehead atoms. The second kappa shape index (κ2) is 4.39. The van der Waals surface area contributed by atoms with Gasteiger partial charge in [0, 0.05) is 6.20 Å². The van der Waals surface area contributed by atoms with Crippen molar-refractivity contribution >= 4 is 5.97 Å². The molecule has 0 amide bonds. The molecule has 0 saturated heterocycles. The molecule has 0 radical (unpaired) electrons. The molecular weight excluding hydrogens is 177 g/mol. The summed E-state index contributed by atoms with van der Waals surface area (Å²) in [7, 11) is 0. The summed E-state index contributed by atoms with van der Waals surface area (Å²) < 4.78 is 16.5. The predicted octanol–water partition coefficient (Wildman–Crippen LogP) is 1.13. The van der Waals surface area contributed by atoms with Gasteiger partial charge in [-0.25, -0.2) is 14.2 Å². The molecule has 13 heavy (non-hydrogen) atoms. The van der Waals surface area contributed by atoms with Gasteiger partial charge in [-0.15, -0.1) is 0 Å². The first-order valence-electron chi connectivity index (χ1n) is 3.62. The largest absolute Gasteiger partial charge is 0.488 e. The van der Waals surface area contributed by atoms with Gasteiger partial charge in [0.2, 0.25) is 0 Å². The van der Waals surface area contributed by atoms with E-state index in [1.807, 2.05) is 0 Å². The lowest BCUT2D eigenvalue weighted by Gasteiger charge is -2.04. The van der Waals surface area contributed by atoms with Crippen molar-refractivity contribution in [2.75, 3.05) is 13.3 Å². The lowest BCUT2D eigenvalue weighted by molar-refractivity contribution is 0.0685. The van der Waals surface area contributed by atoms with E-state index >= 15 is 0 Å². The van der Waals surface area contributed by atoms with Crippen LogP contribution in [0.3, 0.4) is 0 Å². The summed E-state index contributed by atoms with van der Waals surface area (Å²) in [4.78, 5) is 14.1. The van der Waals surface area contributed by atoms with Crippen LogP contribution in [-0.2, 0) is 0 Å². The molecule has 1 heterocycles. The highest BCUT2D eigenvalue weighted by Gasteiger charge is 2.11. The molecular formula is C8H8FNO3. The number of carbonyl (C=O) groups is 1. The van der Waals surface area contributed by atoms with Gasteiger partial charge in [-0.05, 0) is 12.1 Å². The van der Waals surface area contributed by atoms with Crippen molar-refractivity contribution < 1.29 is 19.0 Å². The summed E-state index contributed by atoms with van der Waals surface area (Å²) in [6.45, 7) is -0.820. The number of ether oxygens (including phenoxy) is 1. The van der Waals surface area contributed by atoms with Gasteiger partial charge in [0.15, 0.2) is 11.4 Å². The van der Waals surface area contributed by atoms with Crippen molar-refractivity contribution in [2.24, 2.45) is 0 Å². The molecule has 0 aliphatic rings. The number of halogens is 1. The predicted molar refractivity (Wildman–Crippen MR) is 42.7 cm³/mol. The number of aromatic nitrogens is 1. The number of pyridine rings is 1. The Balaban J connectivity index is 2.84. The minimum Gasteiger partial charge on any atom is -0.488 e. The summed E-state index contributed by atoms with van der Waals surface area (Å²) in [5.41, 5.74) is -0.198. The first kappa shape index (κ1) is 9.44. The van der Waals surface area contributed by atoms with Gasteiger partial charge in [-0.1, -0.05) is 0 Å². The maximum atomic E-state index is 11.7. The quantitative estimate of drug-likeness (QED) is 0.763. The van der Waals surface area contributed by atoms with Crippen molar-refractivity contribution in [3.63, 3.8) is 0 Å². The van der Waals surface area contributed by atoms with Crippen LogP contribution >= 0.6 is 0 Å². The van der Waals surface area contributed by atoms with Crippen molar-refractivity contribution in [1.29, 1.82) is 0 Å². The number of carboxylic acids is 1. The highest BCUT2D eigenvalue weighted by atomic mass is 19.1. The number of alkyl halides is 1. The van der Waals surface area contributed by atoms with Crippen molar-refractivity contribution in [1.82, 2.24) is 4.98 Å². The molecule has 70 valence electrons. The highest BCUT2D eigenvalue weighted by Crippen LogP contribution is 2.14. The van der Waals surface area contributed by atoms with Crippen LogP contribution in [0.15, 0.2) is 18.3 Å².